The van der Waals surface area contributed by atoms with E-state index < -0.39 is 0 Å². The Kier molecular flexibility index (Phi) is 2.87. The van der Waals surface area contributed by atoms with Crippen molar-refractivity contribution in [2.24, 2.45) is 11.8 Å². The number of hydrogen-bond acceptors (Lipinski definition) is 0. The Balaban J connectivity index is 1.69. The van der Waals surface area contributed by atoms with Crippen LogP contribution in [0.2, 0.25) is 0 Å². The third-order valence-corrected chi connectivity index (χ3v) is 3.34. The summed E-state index contributed by atoms with van der Waals surface area (Å²) in [6.07, 6.45) is 15.7. The van der Waals surface area contributed by atoms with E-state index in [0.29, 0.717) is 0 Å². The van der Waals surface area contributed by atoms with Gasteiger partial charge in [0.05, 0.1) is 0 Å². The molecular formula is C13H20. The second-order valence-corrected chi connectivity index (χ2v) is 4.44. The monoisotopic (exact) mass is 176 g/mol. The number of rotatable bonds is 5. The van der Waals surface area contributed by atoms with Gasteiger partial charge in [-0.25, -0.2) is 0 Å². The van der Waals surface area contributed by atoms with Crippen molar-refractivity contribution in [3.8, 4) is 0 Å². The van der Waals surface area contributed by atoms with Gasteiger partial charge in [0.2, 0.25) is 0 Å². The second kappa shape index (κ2) is 4.13. The first kappa shape index (κ1) is 9.05. The van der Waals surface area contributed by atoms with E-state index in [9.17, 15) is 0 Å². The highest BCUT2D eigenvalue weighted by atomic mass is 14.3. The van der Waals surface area contributed by atoms with E-state index in [1.54, 1.807) is 5.57 Å². The number of fused-ring (bicyclic) bond motifs is 2. The van der Waals surface area contributed by atoms with Crippen molar-refractivity contribution in [2.75, 3.05) is 0 Å². The van der Waals surface area contributed by atoms with Gasteiger partial charge >= 0.3 is 0 Å². The van der Waals surface area contributed by atoms with Gasteiger partial charge in [-0.3, -0.25) is 0 Å². The molecule has 0 N–H and O–H groups in total. The summed E-state index contributed by atoms with van der Waals surface area (Å²) < 4.78 is 0. The van der Waals surface area contributed by atoms with E-state index in [-0.39, 0.29) is 0 Å². The topological polar surface area (TPSA) is 0 Å². The predicted octanol–water partition coefficient (Wildman–Crippen LogP) is 4.09. The Hall–Kier alpha value is -0.520. The molecule has 2 atom stereocenters. The maximum absolute atomic E-state index is 2.51. The van der Waals surface area contributed by atoms with Crippen molar-refractivity contribution >= 4 is 0 Å². The Morgan fingerprint density at radius 1 is 1.23 bits per heavy atom. The molecule has 0 saturated heterocycles. The summed E-state index contributed by atoms with van der Waals surface area (Å²) in [4.78, 5) is 0. The normalized spacial score (nSPS) is 29.8. The molecule has 0 amide bonds. The number of unbranched alkanes of at least 4 members (excludes halogenated alkanes) is 3. The fraction of sp³-hybridized carbons (Fsp3) is 0.692. The molecule has 0 aromatic carbocycles. The van der Waals surface area contributed by atoms with Crippen molar-refractivity contribution in [3.63, 3.8) is 0 Å². The van der Waals surface area contributed by atoms with Gasteiger partial charge in [0.1, 0.15) is 0 Å². The van der Waals surface area contributed by atoms with Crippen LogP contribution in [-0.4, -0.2) is 0 Å². The highest BCUT2D eigenvalue weighted by Crippen LogP contribution is 2.40. The van der Waals surface area contributed by atoms with Crippen LogP contribution in [0, 0.1) is 11.8 Å². The minimum atomic E-state index is 0.811. The summed E-state index contributed by atoms with van der Waals surface area (Å²) in [5.74, 6) is 1.65. The van der Waals surface area contributed by atoms with Crippen LogP contribution in [0.3, 0.4) is 0 Å². The second-order valence-electron chi connectivity index (χ2n) is 4.44. The fourth-order valence-electron chi connectivity index (χ4n) is 2.55. The smallest absolute Gasteiger partial charge is 0.00143 e. The number of allylic oxidation sites excluding steroid dienone is 4. The van der Waals surface area contributed by atoms with Gasteiger partial charge in [0.15, 0.2) is 0 Å². The standard InChI is InChI=1S/C13H20/c1-2-3-4-5-6-12-9-11-7-8-13(12)10-11/h7-9,11,13H,2-6,10H2,1H3. The average Bonchev–Trinajstić information content (AvgIpc) is 2.73. The van der Waals surface area contributed by atoms with E-state index in [1.807, 2.05) is 0 Å². The first-order valence-corrected chi connectivity index (χ1v) is 5.79. The van der Waals surface area contributed by atoms with Crippen molar-refractivity contribution in [1.82, 2.24) is 0 Å². The molecule has 2 aliphatic carbocycles. The van der Waals surface area contributed by atoms with Gasteiger partial charge < -0.3 is 0 Å². The lowest BCUT2D eigenvalue weighted by Gasteiger charge is -2.09. The average molecular weight is 176 g/mol. The predicted molar refractivity (Wildman–Crippen MR) is 57.6 cm³/mol. The van der Waals surface area contributed by atoms with Crippen molar-refractivity contribution in [1.29, 1.82) is 0 Å². The maximum atomic E-state index is 2.51. The molecule has 0 aliphatic heterocycles. The van der Waals surface area contributed by atoms with E-state index in [0.717, 1.165) is 11.8 Å². The SMILES string of the molecule is CCCCCCC1=CC2C=CC1C2. The molecule has 0 heterocycles. The van der Waals surface area contributed by atoms with Crippen LogP contribution in [0.15, 0.2) is 23.8 Å². The van der Waals surface area contributed by atoms with Gasteiger partial charge in [-0.1, -0.05) is 50.0 Å². The summed E-state index contributed by atoms with van der Waals surface area (Å²) in [7, 11) is 0. The van der Waals surface area contributed by atoms with Crippen LogP contribution >= 0.6 is 0 Å². The zero-order valence-electron chi connectivity index (χ0n) is 8.63. The third kappa shape index (κ3) is 2.04. The van der Waals surface area contributed by atoms with Crippen molar-refractivity contribution in [2.45, 2.75) is 45.4 Å². The highest BCUT2D eigenvalue weighted by molar-refractivity contribution is 5.29. The Morgan fingerprint density at radius 2 is 2.15 bits per heavy atom. The van der Waals surface area contributed by atoms with Crippen molar-refractivity contribution in [3.05, 3.63) is 23.8 Å². The van der Waals surface area contributed by atoms with Gasteiger partial charge in [0, 0.05) is 0 Å². The van der Waals surface area contributed by atoms with Crippen molar-refractivity contribution < 1.29 is 0 Å². The number of hydrogen-bond donors (Lipinski definition) is 0. The van der Waals surface area contributed by atoms with E-state index in [4.69, 9.17) is 0 Å². The molecule has 0 spiro atoms. The third-order valence-electron chi connectivity index (χ3n) is 3.34. The molecule has 2 aliphatic rings. The van der Waals surface area contributed by atoms with Gasteiger partial charge in [0.25, 0.3) is 0 Å². The van der Waals surface area contributed by atoms with Crippen LogP contribution in [0.25, 0.3) is 0 Å². The Labute approximate surface area is 81.7 Å². The molecule has 0 fully saturated rings. The van der Waals surface area contributed by atoms with Crippen LogP contribution < -0.4 is 0 Å². The first-order chi connectivity index (χ1) is 6.40. The van der Waals surface area contributed by atoms with Crippen LogP contribution in [0.4, 0.5) is 0 Å². The van der Waals surface area contributed by atoms with Crippen LogP contribution in [0.5, 0.6) is 0 Å². The van der Waals surface area contributed by atoms with E-state index in [2.05, 4.69) is 25.2 Å². The van der Waals surface area contributed by atoms with Crippen LogP contribution in [0.1, 0.15) is 45.4 Å². The molecule has 0 heteroatoms. The Bertz CT molecular complexity index is 222. The fourth-order valence-corrected chi connectivity index (χ4v) is 2.55. The van der Waals surface area contributed by atoms with Gasteiger partial charge in [-0.2, -0.15) is 0 Å². The van der Waals surface area contributed by atoms with E-state index in [1.165, 1.54) is 38.5 Å². The summed E-state index contributed by atoms with van der Waals surface area (Å²) in [5, 5.41) is 0. The zero-order chi connectivity index (χ0) is 9.10. The lowest BCUT2D eigenvalue weighted by Crippen LogP contribution is -1.93. The molecular weight excluding hydrogens is 156 g/mol. The molecule has 0 nitrogen and oxygen atoms in total. The summed E-state index contributed by atoms with van der Waals surface area (Å²) >= 11 is 0. The largest absolute Gasteiger partial charge is 0.0810 e. The molecule has 2 unspecified atom stereocenters. The molecule has 2 bridgehead atoms. The lowest BCUT2D eigenvalue weighted by molar-refractivity contribution is 0.631. The van der Waals surface area contributed by atoms with Gasteiger partial charge in [-0.15, -0.1) is 0 Å². The Morgan fingerprint density at radius 3 is 2.77 bits per heavy atom. The summed E-state index contributed by atoms with van der Waals surface area (Å²) in [5.41, 5.74) is 1.74. The molecule has 0 aromatic rings. The molecule has 72 valence electrons. The molecule has 0 aromatic heterocycles. The maximum Gasteiger partial charge on any atom is -0.00143 e. The lowest BCUT2D eigenvalue weighted by atomic mass is 9.97. The first-order valence-electron chi connectivity index (χ1n) is 5.79. The minimum Gasteiger partial charge on any atom is -0.0810 e. The van der Waals surface area contributed by atoms with E-state index >= 15 is 0 Å². The minimum absolute atomic E-state index is 0.811. The van der Waals surface area contributed by atoms with Crippen LogP contribution in [-0.2, 0) is 0 Å². The summed E-state index contributed by atoms with van der Waals surface area (Å²) in [6.45, 7) is 2.28. The quantitative estimate of drug-likeness (QED) is 0.437. The summed E-state index contributed by atoms with van der Waals surface area (Å²) in [6, 6.07) is 0. The molecule has 2 rings (SSSR count). The molecule has 0 radical (unpaired) electrons. The molecule has 0 saturated carbocycles. The highest BCUT2D eigenvalue weighted by Gasteiger charge is 2.26. The van der Waals surface area contributed by atoms with Gasteiger partial charge in [-0.05, 0) is 31.1 Å². The molecule has 13 heavy (non-hydrogen) atoms. The zero-order valence-corrected chi connectivity index (χ0v) is 8.63.